The number of carbonyl (C=O) groups excluding carboxylic acids is 1. The number of amides is 1. The average Bonchev–Trinajstić information content (AvgIpc) is 2.80. The predicted octanol–water partition coefficient (Wildman–Crippen LogP) is 5.71. The first-order valence-electron chi connectivity index (χ1n) is 11.3. The largest absolute Gasteiger partial charge is 0.309 e. The third kappa shape index (κ3) is 4.27. The van der Waals surface area contributed by atoms with Crippen molar-refractivity contribution in [2.75, 3.05) is 9.21 Å². The fraction of sp³-hybridized carbons (Fsp3) is 0.296. The molecule has 0 bridgehead atoms. The van der Waals surface area contributed by atoms with Crippen LogP contribution in [0.5, 0.6) is 0 Å². The molecule has 0 spiro atoms. The first-order valence-corrected chi connectivity index (χ1v) is 12.7. The molecule has 0 radical (unpaired) electrons. The molecule has 0 unspecified atom stereocenters. The fourth-order valence-corrected chi connectivity index (χ4v) is 6.14. The van der Waals surface area contributed by atoms with E-state index in [9.17, 15) is 13.2 Å². The van der Waals surface area contributed by atoms with E-state index in [4.69, 9.17) is 0 Å². The Morgan fingerprint density at radius 3 is 2.18 bits per heavy atom. The number of rotatable bonds is 5. The van der Waals surface area contributed by atoms with Crippen molar-refractivity contribution in [2.45, 2.75) is 51.1 Å². The summed E-state index contributed by atoms with van der Waals surface area (Å²) in [6.45, 7) is 7.71. The molecule has 33 heavy (non-hydrogen) atoms. The van der Waals surface area contributed by atoms with E-state index >= 15 is 0 Å². The van der Waals surface area contributed by atoms with Gasteiger partial charge in [-0.2, -0.15) is 0 Å². The van der Waals surface area contributed by atoms with Crippen LogP contribution in [0.2, 0.25) is 0 Å². The van der Waals surface area contributed by atoms with Crippen LogP contribution in [0.4, 0.5) is 11.4 Å². The summed E-state index contributed by atoms with van der Waals surface area (Å²) in [4.78, 5) is 15.1. The van der Waals surface area contributed by atoms with Gasteiger partial charge in [-0.25, -0.2) is 8.42 Å². The minimum absolute atomic E-state index is 0.0426. The van der Waals surface area contributed by atoms with Crippen molar-refractivity contribution < 1.29 is 13.2 Å². The van der Waals surface area contributed by atoms with Crippen LogP contribution in [0.3, 0.4) is 0 Å². The van der Waals surface area contributed by atoms with Gasteiger partial charge in [0.1, 0.15) is 0 Å². The molecule has 172 valence electrons. The van der Waals surface area contributed by atoms with Crippen LogP contribution in [-0.2, 0) is 14.8 Å². The van der Waals surface area contributed by atoms with E-state index in [1.165, 1.54) is 4.31 Å². The first-order chi connectivity index (χ1) is 15.7. The third-order valence-corrected chi connectivity index (χ3v) is 8.01. The van der Waals surface area contributed by atoms with Gasteiger partial charge in [0.2, 0.25) is 5.91 Å². The zero-order valence-electron chi connectivity index (χ0n) is 19.5. The zero-order valence-corrected chi connectivity index (χ0v) is 20.3. The predicted molar refractivity (Wildman–Crippen MR) is 133 cm³/mol. The number of carbonyl (C=O) groups is 1. The summed E-state index contributed by atoms with van der Waals surface area (Å²) in [7, 11) is -3.86. The molecule has 5 nitrogen and oxygen atoms in total. The van der Waals surface area contributed by atoms with E-state index in [1.54, 1.807) is 12.1 Å². The Balaban J connectivity index is 1.90. The summed E-state index contributed by atoms with van der Waals surface area (Å²) in [6, 6.07) is 23.2. The number of hydrogen-bond acceptors (Lipinski definition) is 3. The molecule has 3 aromatic rings. The molecule has 0 saturated heterocycles. The van der Waals surface area contributed by atoms with E-state index in [0.717, 1.165) is 16.8 Å². The van der Waals surface area contributed by atoms with Crippen LogP contribution < -0.4 is 9.21 Å². The average molecular weight is 463 g/mol. The molecule has 1 aliphatic heterocycles. The number of sulfonamides is 1. The molecule has 0 fully saturated rings. The summed E-state index contributed by atoms with van der Waals surface area (Å²) >= 11 is 0. The summed E-state index contributed by atoms with van der Waals surface area (Å²) in [5.41, 5.74) is 3.22. The number of hydrogen-bond donors (Lipinski definition) is 0. The maximum Gasteiger partial charge on any atom is 0.264 e. The molecular weight excluding hydrogens is 432 g/mol. The van der Waals surface area contributed by atoms with Crippen LogP contribution in [0.25, 0.3) is 0 Å². The van der Waals surface area contributed by atoms with Crippen LogP contribution in [0.1, 0.15) is 44.4 Å². The number of para-hydroxylation sites is 2. The van der Waals surface area contributed by atoms with Gasteiger partial charge < -0.3 is 4.90 Å². The lowest BCUT2D eigenvalue weighted by atomic mass is 9.90. The second-order valence-corrected chi connectivity index (χ2v) is 10.8. The van der Waals surface area contributed by atoms with E-state index in [2.05, 4.69) is 0 Å². The summed E-state index contributed by atoms with van der Waals surface area (Å²) in [5.74, 6) is -0.111. The van der Waals surface area contributed by atoms with Crippen LogP contribution >= 0.6 is 0 Å². The topological polar surface area (TPSA) is 57.7 Å². The van der Waals surface area contributed by atoms with Gasteiger partial charge in [-0.3, -0.25) is 9.10 Å². The van der Waals surface area contributed by atoms with Gasteiger partial charge in [0.15, 0.2) is 0 Å². The summed E-state index contributed by atoms with van der Waals surface area (Å²) in [6.07, 6.45) is 0.495. The lowest BCUT2D eigenvalue weighted by Crippen LogP contribution is -2.49. The standard InChI is InChI=1S/C27H30N2O3S/c1-19(2)27(30)28-21(4)18-26(24-12-8-9-13-25(24)28)29(22-10-6-5-7-11-22)33(31,32)23-16-14-20(3)15-17-23/h5-17,19,21,26H,18H2,1-4H3/t21-,26+/m1/s1. The third-order valence-electron chi connectivity index (χ3n) is 6.16. The summed E-state index contributed by atoms with van der Waals surface area (Å²) < 4.78 is 29.6. The van der Waals surface area contributed by atoms with Crippen molar-refractivity contribution >= 4 is 27.3 Å². The van der Waals surface area contributed by atoms with Gasteiger partial charge in [-0.15, -0.1) is 0 Å². The molecule has 4 rings (SSSR count). The van der Waals surface area contributed by atoms with Gasteiger partial charge in [0.25, 0.3) is 10.0 Å². The number of fused-ring (bicyclic) bond motifs is 1. The monoisotopic (exact) mass is 462 g/mol. The minimum Gasteiger partial charge on any atom is -0.309 e. The molecule has 0 saturated carbocycles. The molecule has 0 aliphatic carbocycles. The van der Waals surface area contributed by atoms with Crippen molar-refractivity contribution in [2.24, 2.45) is 5.92 Å². The van der Waals surface area contributed by atoms with E-state index < -0.39 is 16.1 Å². The molecule has 2 atom stereocenters. The number of anilines is 2. The lowest BCUT2D eigenvalue weighted by Gasteiger charge is -2.44. The van der Waals surface area contributed by atoms with Gasteiger partial charge in [0, 0.05) is 17.6 Å². The highest BCUT2D eigenvalue weighted by molar-refractivity contribution is 7.92. The van der Waals surface area contributed by atoms with Gasteiger partial charge in [-0.05, 0) is 56.2 Å². The van der Waals surface area contributed by atoms with Crippen molar-refractivity contribution in [3.8, 4) is 0 Å². The number of aryl methyl sites for hydroxylation is 1. The molecular formula is C27H30N2O3S. The molecule has 3 aromatic carbocycles. The van der Waals surface area contributed by atoms with Crippen molar-refractivity contribution in [3.63, 3.8) is 0 Å². The number of nitrogens with zero attached hydrogens (tertiary/aromatic N) is 2. The Morgan fingerprint density at radius 2 is 1.55 bits per heavy atom. The van der Waals surface area contributed by atoms with Crippen molar-refractivity contribution in [3.05, 3.63) is 90.0 Å². The molecule has 0 N–H and O–H groups in total. The van der Waals surface area contributed by atoms with E-state index in [0.29, 0.717) is 12.1 Å². The quantitative estimate of drug-likeness (QED) is 0.488. The van der Waals surface area contributed by atoms with Crippen LogP contribution in [0, 0.1) is 12.8 Å². The van der Waals surface area contributed by atoms with Gasteiger partial charge >= 0.3 is 0 Å². The molecule has 6 heteroatoms. The smallest absolute Gasteiger partial charge is 0.264 e. The summed E-state index contributed by atoms with van der Waals surface area (Å²) in [5, 5.41) is 0. The Bertz CT molecular complexity index is 1240. The fourth-order valence-electron chi connectivity index (χ4n) is 4.50. The van der Waals surface area contributed by atoms with E-state index in [-0.39, 0.29) is 22.8 Å². The molecule has 0 aromatic heterocycles. The van der Waals surface area contributed by atoms with Gasteiger partial charge in [0.05, 0.1) is 16.6 Å². The Hall–Kier alpha value is -3.12. The van der Waals surface area contributed by atoms with Crippen molar-refractivity contribution in [1.82, 2.24) is 0 Å². The molecule has 1 heterocycles. The second kappa shape index (κ2) is 9.02. The van der Waals surface area contributed by atoms with E-state index in [1.807, 2.05) is 99.3 Å². The maximum absolute atomic E-state index is 14.0. The van der Waals surface area contributed by atoms with Crippen LogP contribution in [0.15, 0.2) is 83.8 Å². The highest BCUT2D eigenvalue weighted by Crippen LogP contribution is 2.44. The minimum atomic E-state index is -3.86. The Kier molecular flexibility index (Phi) is 6.30. The molecule has 1 aliphatic rings. The normalized spacial score (nSPS) is 18.2. The van der Waals surface area contributed by atoms with Gasteiger partial charge in [-0.1, -0.05) is 67.9 Å². The highest BCUT2D eigenvalue weighted by atomic mass is 32.2. The SMILES string of the molecule is Cc1ccc(S(=O)(=O)N(c2ccccc2)[C@H]2C[C@@H](C)N(C(=O)C(C)C)c3ccccc32)cc1. The lowest BCUT2D eigenvalue weighted by molar-refractivity contribution is -0.122. The molecule has 1 amide bonds. The number of benzene rings is 3. The van der Waals surface area contributed by atoms with Crippen molar-refractivity contribution in [1.29, 1.82) is 0 Å². The highest BCUT2D eigenvalue weighted by Gasteiger charge is 2.41. The zero-order chi connectivity index (χ0) is 23.8. The maximum atomic E-state index is 14.0. The Morgan fingerprint density at radius 1 is 0.939 bits per heavy atom. The first kappa shape index (κ1) is 23.1. The van der Waals surface area contributed by atoms with Crippen LogP contribution in [-0.4, -0.2) is 20.4 Å². The second-order valence-electron chi connectivity index (χ2n) is 8.97. The Labute approximate surface area is 196 Å².